The number of hydrogen-bond acceptors (Lipinski definition) is 9. The van der Waals surface area contributed by atoms with Gasteiger partial charge in [-0.25, -0.2) is 12.7 Å². The summed E-state index contributed by atoms with van der Waals surface area (Å²) in [5.74, 6) is -0.851. The van der Waals surface area contributed by atoms with Gasteiger partial charge in [0, 0.05) is 14.2 Å². The molecule has 1 heterocycles. The molecule has 4 atom stereocenters. The number of anilines is 1. The van der Waals surface area contributed by atoms with Crippen molar-refractivity contribution in [3.8, 4) is 0 Å². The van der Waals surface area contributed by atoms with Gasteiger partial charge in [0.05, 0.1) is 18.9 Å². The third kappa shape index (κ3) is 5.77. The normalized spacial score (nSPS) is 15.8. The zero-order valence-corrected chi connectivity index (χ0v) is 17.5. The van der Waals surface area contributed by atoms with Gasteiger partial charge in [0.1, 0.15) is 24.6 Å². The number of nitrogens with one attached hydrogen (secondary N) is 1. The highest BCUT2D eigenvalue weighted by atomic mass is 32.2. The predicted molar refractivity (Wildman–Crippen MR) is 106 cm³/mol. The Morgan fingerprint density at radius 3 is 2.47 bits per heavy atom. The first-order chi connectivity index (χ1) is 14.1. The molecule has 1 aromatic heterocycles. The van der Waals surface area contributed by atoms with Crippen molar-refractivity contribution in [2.75, 3.05) is 31.3 Å². The van der Waals surface area contributed by atoms with Crippen LogP contribution in [-0.2, 0) is 14.8 Å². The number of ether oxygens (including phenoxy) is 1. The predicted octanol–water partition coefficient (Wildman–Crippen LogP) is -0.729. The van der Waals surface area contributed by atoms with Crippen molar-refractivity contribution in [3.63, 3.8) is 0 Å². The second kappa shape index (κ2) is 10.00. The minimum atomic E-state index is -3.65. The van der Waals surface area contributed by atoms with Crippen LogP contribution in [0.3, 0.4) is 0 Å². The number of carbonyl (C=O) groups excluding carboxylic acids is 1. The minimum Gasteiger partial charge on any atom is -0.430 e. The molecule has 30 heavy (non-hydrogen) atoms. The van der Waals surface area contributed by atoms with Crippen LogP contribution in [0.5, 0.6) is 0 Å². The number of methoxy groups -OCH3 is 1. The number of aromatic nitrogens is 1. The van der Waals surface area contributed by atoms with Gasteiger partial charge >= 0.3 is 6.01 Å². The Kier molecular flexibility index (Phi) is 7.92. The number of rotatable bonds is 10. The summed E-state index contributed by atoms with van der Waals surface area (Å²) in [6, 6.07) is 6.58. The molecule has 1 amide bonds. The van der Waals surface area contributed by atoms with E-state index in [4.69, 9.17) is 9.15 Å². The molecule has 0 aliphatic rings. The second-order valence-electron chi connectivity index (χ2n) is 6.61. The molecule has 0 aliphatic heterocycles. The summed E-state index contributed by atoms with van der Waals surface area (Å²) in [4.78, 5) is 16.4. The number of hydrogen-bond donors (Lipinski definition) is 4. The van der Waals surface area contributed by atoms with Gasteiger partial charge in [-0.05, 0) is 5.56 Å². The first kappa shape index (κ1) is 23.8. The Hall–Kier alpha value is -2.51. The fraction of sp³-hybridized carbons (Fsp3) is 0.444. The molecule has 0 spiro atoms. The van der Waals surface area contributed by atoms with Crippen molar-refractivity contribution < 1.29 is 37.7 Å². The fourth-order valence-corrected chi connectivity index (χ4v) is 2.97. The van der Waals surface area contributed by atoms with Crippen LogP contribution in [0.1, 0.15) is 22.2 Å². The van der Waals surface area contributed by atoms with Crippen LogP contribution in [-0.4, -0.2) is 79.9 Å². The summed E-state index contributed by atoms with van der Waals surface area (Å²) < 4.78 is 33.8. The zero-order chi connectivity index (χ0) is 22.5. The van der Waals surface area contributed by atoms with Crippen molar-refractivity contribution in [2.45, 2.75) is 24.4 Å². The van der Waals surface area contributed by atoms with Crippen molar-refractivity contribution in [3.05, 3.63) is 47.9 Å². The van der Waals surface area contributed by atoms with Gasteiger partial charge in [0.2, 0.25) is 10.0 Å². The second-order valence-corrected chi connectivity index (χ2v) is 8.63. The number of sulfonamides is 1. The van der Waals surface area contributed by atoms with E-state index in [1.54, 1.807) is 30.3 Å². The largest absolute Gasteiger partial charge is 0.430 e. The number of oxazole rings is 1. The molecule has 0 saturated carbocycles. The Balaban J connectivity index is 2.27. The van der Waals surface area contributed by atoms with Crippen molar-refractivity contribution in [2.24, 2.45) is 0 Å². The Morgan fingerprint density at radius 1 is 1.27 bits per heavy atom. The van der Waals surface area contributed by atoms with Gasteiger partial charge in [-0.1, -0.05) is 30.3 Å². The molecular formula is C18H25N3O8S. The van der Waals surface area contributed by atoms with Crippen molar-refractivity contribution in [1.82, 2.24) is 10.3 Å². The molecular weight excluding hydrogens is 418 g/mol. The Labute approximate surface area is 174 Å². The zero-order valence-electron chi connectivity index (χ0n) is 16.7. The van der Waals surface area contributed by atoms with Crippen LogP contribution in [0.15, 0.2) is 41.0 Å². The molecule has 0 aliphatic carbocycles. The highest BCUT2D eigenvalue weighted by Gasteiger charge is 2.35. The third-order valence-electron chi connectivity index (χ3n) is 4.37. The van der Waals surface area contributed by atoms with Gasteiger partial charge in [0.25, 0.3) is 5.91 Å². The lowest BCUT2D eigenvalue weighted by Gasteiger charge is -2.31. The van der Waals surface area contributed by atoms with Gasteiger partial charge in [-0.15, -0.1) is 0 Å². The van der Waals surface area contributed by atoms with Gasteiger partial charge < -0.3 is 29.8 Å². The van der Waals surface area contributed by atoms with Crippen LogP contribution in [0.4, 0.5) is 6.01 Å². The first-order valence-electron chi connectivity index (χ1n) is 8.84. The van der Waals surface area contributed by atoms with Crippen LogP contribution >= 0.6 is 0 Å². The van der Waals surface area contributed by atoms with Gasteiger partial charge in [0.15, 0.2) is 5.69 Å². The molecule has 0 fully saturated rings. The minimum absolute atomic E-state index is 0.234. The SMILES string of the molecule is COCC(O)C(O)C(NC(=O)c1coc(N(C)S(C)(=O)=O)n1)C(O)c1ccccc1. The summed E-state index contributed by atoms with van der Waals surface area (Å²) in [6.07, 6.45) is -2.48. The van der Waals surface area contributed by atoms with Crippen LogP contribution in [0, 0.1) is 0 Å². The lowest BCUT2D eigenvalue weighted by Crippen LogP contribution is -2.52. The number of aliphatic hydroxyl groups is 3. The summed E-state index contributed by atoms with van der Waals surface area (Å²) >= 11 is 0. The molecule has 2 aromatic rings. The quantitative estimate of drug-likeness (QED) is 0.371. The Bertz CT molecular complexity index is 934. The first-order valence-corrected chi connectivity index (χ1v) is 10.7. The Morgan fingerprint density at radius 2 is 1.90 bits per heavy atom. The standard InChI is InChI=1S/C18H25N3O8S/c1-21(30(3,26)27)18-19-12(9-29-18)17(25)20-14(16(24)13(22)10-28-2)15(23)11-7-5-4-6-8-11/h4-9,13-16,22-24H,10H2,1-3H3,(H,20,25). The van der Waals surface area contributed by atoms with E-state index in [0.717, 1.165) is 16.8 Å². The molecule has 2 rings (SSSR count). The van der Waals surface area contributed by atoms with Gasteiger partial charge in [-0.2, -0.15) is 4.98 Å². The summed E-state index contributed by atoms with van der Waals surface area (Å²) in [6.45, 7) is -0.234. The van der Waals surface area contributed by atoms with Crippen LogP contribution in [0.2, 0.25) is 0 Å². The number of nitrogens with zero attached hydrogens (tertiary/aromatic N) is 2. The number of carbonyl (C=O) groups is 1. The molecule has 4 N–H and O–H groups in total. The van der Waals surface area contributed by atoms with Crippen LogP contribution < -0.4 is 9.62 Å². The number of aliphatic hydroxyl groups excluding tert-OH is 3. The smallest absolute Gasteiger partial charge is 0.311 e. The highest BCUT2D eigenvalue weighted by Crippen LogP contribution is 2.22. The molecule has 0 bridgehead atoms. The molecule has 1 aromatic carbocycles. The van der Waals surface area contributed by atoms with E-state index in [1.807, 2.05) is 0 Å². The monoisotopic (exact) mass is 443 g/mol. The van der Waals surface area contributed by atoms with E-state index in [-0.39, 0.29) is 18.3 Å². The maximum atomic E-state index is 12.6. The number of amides is 1. The van der Waals surface area contributed by atoms with E-state index < -0.39 is 40.3 Å². The molecule has 12 heteroatoms. The van der Waals surface area contributed by atoms with E-state index in [1.165, 1.54) is 14.2 Å². The molecule has 166 valence electrons. The van der Waals surface area contributed by atoms with Crippen molar-refractivity contribution in [1.29, 1.82) is 0 Å². The number of benzene rings is 1. The topological polar surface area (TPSA) is 162 Å². The van der Waals surface area contributed by atoms with Crippen molar-refractivity contribution >= 4 is 21.9 Å². The molecule has 11 nitrogen and oxygen atoms in total. The van der Waals surface area contributed by atoms with Crippen LogP contribution in [0.25, 0.3) is 0 Å². The van der Waals surface area contributed by atoms with E-state index in [9.17, 15) is 28.5 Å². The van der Waals surface area contributed by atoms with E-state index in [2.05, 4.69) is 10.3 Å². The highest BCUT2D eigenvalue weighted by molar-refractivity contribution is 7.92. The molecule has 0 saturated heterocycles. The maximum Gasteiger partial charge on any atom is 0.311 e. The maximum absolute atomic E-state index is 12.6. The summed E-state index contributed by atoms with van der Waals surface area (Å²) in [5.41, 5.74) is 0.114. The van der Waals surface area contributed by atoms with E-state index in [0.29, 0.717) is 5.56 Å². The molecule has 4 unspecified atom stereocenters. The van der Waals surface area contributed by atoms with Gasteiger partial charge in [-0.3, -0.25) is 4.79 Å². The lowest BCUT2D eigenvalue weighted by molar-refractivity contribution is -0.0633. The summed E-state index contributed by atoms with van der Waals surface area (Å²) in [5, 5.41) is 33.7. The average molecular weight is 443 g/mol. The van der Waals surface area contributed by atoms with E-state index >= 15 is 0 Å². The summed E-state index contributed by atoms with van der Waals surface area (Å²) in [7, 11) is -1.12. The fourth-order valence-electron chi connectivity index (χ4n) is 2.60. The molecule has 0 radical (unpaired) electrons. The third-order valence-corrected chi connectivity index (χ3v) is 5.52. The lowest BCUT2D eigenvalue weighted by atomic mass is 9.94. The average Bonchev–Trinajstić information content (AvgIpc) is 3.20.